The summed E-state index contributed by atoms with van der Waals surface area (Å²) in [6.07, 6.45) is -0.264. The molecule has 0 saturated carbocycles. The third kappa shape index (κ3) is 6.57. The Morgan fingerprint density at radius 2 is 1.66 bits per heavy atom. The summed E-state index contributed by atoms with van der Waals surface area (Å²) in [6, 6.07) is 0.781. The molecule has 0 bridgehead atoms. The van der Waals surface area contributed by atoms with Crippen LogP contribution in [-0.4, -0.2) is 46.9 Å². The van der Waals surface area contributed by atoms with Crippen LogP contribution in [0.3, 0.4) is 0 Å². The van der Waals surface area contributed by atoms with Crippen molar-refractivity contribution in [3.05, 3.63) is 55.8 Å². The molecule has 1 amide bonds. The van der Waals surface area contributed by atoms with Gasteiger partial charge in [-0.05, 0) is 13.8 Å². The SMILES string of the molecule is COC(=O)[C@H](NC(=O)c1cc([N+](=O)[O-])cc([N+](=O)[O-])c1)[C@H](C)OC(=O)/C=C(/C)N. The van der Waals surface area contributed by atoms with Gasteiger partial charge < -0.3 is 20.5 Å². The van der Waals surface area contributed by atoms with E-state index in [1.54, 1.807) is 0 Å². The zero-order valence-corrected chi connectivity index (χ0v) is 15.6. The van der Waals surface area contributed by atoms with E-state index >= 15 is 0 Å². The molecule has 3 N–H and O–H groups in total. The highest BCUT2D eigenvalue weighted by Crippen LogP contribution is 2.23. The van der Waals surface area contributed by atoms with Crippen LogP contribution in [0.4, 0.5) is 11.4 Å². The van der Waals surface area contributed by atoms with Gasteiger partial charge in [0, 0.05) is 23.9 Å². The second-order valence-corrected chi connectivity index (χ2v) is 5.76. The first-order valence-electron chi connectivity index (χ1n) is 7.93. The summed E-state index contributed by atoms with van der Waals surface area (Å²) < 4.78 is 9.53. The number of nitrogens with two attached hydrogens (primary N) is 1. The number of ether oxygens (including phenoxy) is 2. The smallest absolute Gasteiger partial charge is 0.332 e. The molecule has 29 heavy (non-hydrogen) atoms. The zero-order valence-electron chi connectivity index (χ0n) is 15.6. The lowest BCUT2D eigenvalue weighted by molar-refractivity contribution is -0.394. The van der Waals surface area contributed by atoms with E-state index in [4.69, 9.17) is 10.5 Å². The minimum atomic E-state index is -1.50. The van der Waals surface area contributed by atoms with Crippen molar-refractivity contribution in [3.8, 4) is 0 Å². The summed E-state index contributed by atoms with van der Waals surface area (Å²) in [5.41, 5.74) is 3.66. The van der Waals surface area contributed by atoms with Gasteiger partial charge in [0.15, 0.2) is 6.04 Å². The number of esters is 2. The number of hydrogen-bond donors (Lipinski definition) is 2. The quantitative estimate of drug-likeness (QED) is 0.265. The normalized spacial score (nSPS) is 13.0. The van der Waals surface area contributed by atoms with Crippen LogP contribution in [-0.2, 0) is 19.1 Å². The molecule has 0 aromatic heterocycles. The first-order chi connectivity index (χ1) is 13.5. The van der Waals surface area contributed by atoms with E-state index in [0.717, 1.165) is 25.3 Å². The fourth-order valence-corrected chi connectivity index (χ4v) is 2.13. The maximum absolute atomic E-state index is 12.5. The Morgan fingerprint density at radius 1 is 1.14 bits per heavy atom. The molecule has 0 aliphatic heterocycles. The summed E-state index contributed by atoms with van der Waals surface area (Å²) in [7, 11) is 1.03. The molecule has 1 aromatic rings. The number of allylic oxidation sites excluding steroid dienone is 1. The monoisotopic (exact) mass is 410 g/mol. The molecule has 0 aliphatic carbocycles. The van der Waals surface area contributed by atoms with Crippen molar-refractivity contribution in [1.29, 1.82) is 0 Å². The van der Waals surface area contributed by atoms with Crippen LogP contribution in [0.2, 0.25) is 0 Å². The predicted molar refractivity (Wildman–Crippen MR) is 96.5 cm³/mol. The van der Waals surface area contributed by atoms with E-state index in [0.29, 0.717) is 6.07 Å². The summed E-state index contributed by atoms with van der Waals surface area (Å²) in [5, 5.41) is 24.1. The number of carbonyl (C=O) groups excluding carboxylic acids is 3. The molecular formula is C16H18N4O9. The van der Waals surface area contributed by atoms with Gasteiger partial charge >= 0.3 is 11.9 Å². The van der Waals surface area contributed by atoms with Crippen molar-refractivity contribution in [2.24, 2.45) is 5.73 Å². The topological polar surface area (TPSA) is 194 Å². The molecule has 13 heteroatoms. The van der Waals surface area contributed by atoms with Crippen LogP contribution >= 0.6 is 0 Å². The number of non-ortho nitro benzene ring substituents is 2. The molecule has 0 saturated heterocycles. The van der Waals surface area contributed by atoms with Crippen LogP contribution < -0.4 is 11.1 Å². The molecule has 0 heterocycles. The number of nitrogens with one attached hydrogen (secondary N) is 1. The van der Waals surface area contributed by atoms with Crippen molar-refractivity contribution in [3.63, 3.8) is 0 Å². The number of nitro groups is 2. The Balaban J connectivity index is 3.17. The van der Waals surface area contributed by atoms with Gasteiger partial charge in [0.05, 0.1) is 28.6 Å². The molecule has 13 nitrogen and oxygen atoms in total. The molecule has 0 spiro atoms. The van der Waals surface area contributed by atoms with Crippen molar-refractivity contribution in [2.75, 3.05) is 7.11 Å². The summed E-state index contributed by atoms with van der Waals surface area (Å²) in [6.45, 7) is 2.72. The van der Waals surface area contributed by atoms with Gasteiger partial charge in [-0.2, -0.15) is 0 Å². The van der Waals surface area contributed by atoms with Crippen molar-refractivity contribution < 1.29 is 33.7 Å². The van der Waals surface area contributed by atoms with E-state index in [2.05, 4.69) is 10.1 Å². The Hall–Kier alpha value is -4.03. The summed E-state index contributed by atoms with van der Waals surface area (Å²) >= 11 is 0. The first-order valence-corrected chi connectivity index (χ1v) is 7.93. The molecule has 2 atom stereocenters. The number of amides is 1. The second-order valence-electron chi connectivity index (χ2n) is 5.76. The number of methoxy groups -OCH3 is 1. The van der Waals surface area contributed by atoms with E-state index in [9.17, 15) is 34.6 Å². The number of nitro benzene ring substituents is 2. The molecule has 0 radical (unpaired) electrons. The maximum atomic E-state index is 12.5. The number of rotatable bonds is 8. The molecule has 1 aromatic carbocycles. The Labute approximate surface area is 163 Å². The lowest BCUT2D eigenvalue weighted by Gasteiger charge is -2.22. The number of benzene rings is 1. The minimum absolute atomic E-state index is 0.143. The van der Waals surface area contributed by atoms with Crippen LogP contribution in [0.1, 0.15) is 24.2 Å². The van der Waals surface area contributed by atoms with Crippen molar-refractivity contribution >= 4 is 29.2 Å². The van der Waals surface area contributed by atoms with Gasteiger partial charge in [0.25, 0.3) is 17.3 Å². The highest BCUT2D eigenvalue weighted by atomic mass is 16.6. The second kappa shape index (κ2) is 9.77. The zero-order chi connectivity index (χ0) is 22.3. The Morgan fingerprint density at radius 3 is 2.07 bits per heavy atom. The molecule has 0 fully saturated rings. The van der Waals surface area contributed by atoms with E-state index in [-0.39, 0.29) is 5.70 Å². The fourth-order valence-electron chi connectivity index (χ4n) is 2.13. The van der Waals surface area contributed by atoms with E-state index < -0.39 is 56.8 Å². The van der Waals surface area contributed by atoms with Gasteiger partial charge in [-0.15, -0.1) is 0 Å². The highest BCUT2D eigenvalue weighted by Gasteiger charge is 2.31. The van der Waals surface area contributed by atoms with Gasteiger partial charge in [-0.25, -0.2) is 9.59 Å². The molecule has 0 aliphatic rings. The van der Waals surface area contributed by atoms with Crippen LogP contribution in [0.25, 0.3) is 0 Å². The first kappa shape index (κ1) is 23.0. The van der Waals surface area contributed by atoms with Gasteiger partial charge in [-0.3, -0.25) is 25.0 Å². The average molecular weight is 410 g/mol. The van der Waals surface area contributed by atoms with Crippen LogP contribution in [0.15, 0.2) is 30.0 Å². The molecule has 156 valence electrons. The lowest BCUT2D eigenvalue weighted by Crippen LogP contribution is -2.49. The van der Waals surface area contributed by atoms with Crippen molar-refractivity contribution in [2.45, 2.75) is 26.0 Å². The average Bonchev–Trinajstić information content (AvgIpc) is 2.63. The standard InChI is InChI=1S/C16H18N4O9/c1-8(17)4-13(21)29-9(2)14(16(23)28-3)18-15(22)10-5-11(19(24)25)7-12(6-10)20(26)27/h4-7,9,14H,17H2,1-3H3,(H,18,22)/b8-4-/t9-,14+/m0/s1. The maximum Gasteiger partial charge on any atom is 0.332 e. The largest absolute Gasteiger partial charge is 0.467 e. The lowest BCUT2D eigenvalue weighted by atomic mass is 10.1. The van der Waals surface area contributed by atoms with Crippen LogP contribution in [0.5, 0.6) is 0 Å². The summed E-state index contributed by atoms with van der Waals surface area (Å²) in [5.74, 6) is -2.92. The van der Waals surface area contributed by atoms with Gasteiger partial charge in [0.2, 0.25) is 0 Å². The van der Waals surface area contributed by atoms with E-state index in [1.807, 2.05) is 0 Å². The third-order valence-corrected chi connectivity index (χ3v) is 3.45. The number of hydrogen-bond acceptors (Lipinski definition) is 10. The van der Waals surface area contributed by atoms with Crippen molar-refractivity contribution in [1.82, 2.24) is 5.32 Å². The third-order valence-electron chi connectivity index (χ3n) is 3.45. The highest BCUT2D eigenvalue weighted by molar-refractivity contribution is 5.98. The number of carbonyl (C=O) groups is 3. The molecule has 0 unspecified atom stereocenters. The summed E-state index contributed by atoms with van der Waals surface area (Å²) in [4.78, 5) is 56.2. The van der Waals surface area contributed by atoms with E-state index in [1.165, 1.54) is 13.8 Å². The Kier molecular flexibility index (Phi) is 7.76. The predicted octanol–water partition coefficient (Wildman–Crippen LogP) is 0.569. The Bertz CT molecular complexity index is 845. The minimum Gasteiger partial charge on any atom is -0.467 e. The fraction of sp³-hybridized carbons (Fsp3) is 0.312. The van der Waals surface area contributed by atoms with Crippen LogP contribution in [0, 0.1) is 20.2 Å². The molecular weight excluding hydrogens is 392 g/mol. The van der Waals surface area contributed by atoms with Gasteiger partial charge in [0.1, 0.15) is 6.10 Å². The number of nitrogens with zero attached hydrogens (tertiary/aromatic N) is 2. The van der Waals surface area contributed by atoms with Gasteiger partial charge in [-0.1, -0.05) is 0 Å². The molecule has 1 rings (SSSR count).